The first-order valence-corrected chi connectivity index (χ1v) is 10.0. The van der Waals surface area contributed by atoms with E-state index in [0.717, 1.165) is 16.8 Å². The normalized spacial score (nSPS) is 11.4. The van der Waals surface area contributed by atoms with Crippen molar-refractivity contribution in [3.8, 4) is 10.6 Å². The second-order valence-corrected chi connectivity index (χ2v) is 8.45. The van der Waals surface area contributed by atoms with E-state index in [-0.39, 0.29) is 5.69 Å². The molecule has 11 heteroatoms. The van der Waals surface area contributed by atoms with E-state index < -0.39 is 21.6 Å². The molecule has 2 aromatic heterocycles. The molecule has 0 fully saturated rings. The Morgan fingerprint density at radius 1 is 1.20 bits per heavy atom. The van der Waals surface area contributed by atoms with Crippen LogP contribution in [0.2, 0.25) is 0 Å². The van der Waals surface area contributed by atoms with Gasteiger partial charge in [-0.05, 0) is 0 Å². The van der Waals surface area contributed by atoms with E-state index in [1.807, 2.05) is 30.3 Å². The third-order valence-electron chi connectivity index (χ3n) is 3.05. The molecule has 0 aliphatic rings. The number of rotatable bonds is 6. The summed E-state index contributed by atoms with van der Waals surface area (Å²) in [5.41, 5.74) is 1.02. The van der Waals surface area contributed by atoms with E-state index in [4.69, 9.17) is 0 Å². The van der Waals surface area contributed by atoms with Crippen LogP contribution in [0.3, 0.4) is 0 Å². The molecule has 0 saturated heterocycles. The molecule has 0 aliphatic heterocycles. The molecule has 0 saturated carbocycles. The van der Waals surface area contributed by atoms with Crippen molar-refractivity contribution >= 4 is 27.1 Å². The van der Waals surface area contributed by atoms with E-state index in [1.165, 1.54) is 22.2 Å². The summed E-state index contributed by atoms with van der Waals surface area (Å²) in [4.78, 5) is 11.8. The Hall–Kier alpha value is -2.66. The molecular weight excluding hydrogens is 364 g/mol. The second-order valence-electron chi connectivity index (χ2n) is 5.24. The van der Waals surface area contributed by atoms with Crippen molar-refractivity contribution in [2.24, 2.45) is 0 Å². The van der Waals surface area contributed by atoms with Crippen LogP contribution in [0.4, 0.5) is 0 Å². The first-order valence-electron chi connectivity index (χ1n) is 7.14. The van der Waals surface area contributed by atoms with Crippen LogP contribution in [0.25, 0.3) is 10.6 Å². The van der Waals surface area contributed by atoms with E-state index in [2.05, 4.69) is 25.8 Å². The van der Waals surface area contributed by atoms with Gasteiger partial charge in [-0.2, -0.15) is 0 Å². The lowest BCUT2D eigenvalue weighted by Gasteiger charge is -1.99. The lowest BCUT2D eigenvalue weighted by atomic mass is 10.2. The minimum Gasteiger partial charge on any atom is -0.337 e. The Morgan fingerprint density at radius 2 is 1.96 bits per heavy atom. The molecule has 1 amide bonds. The van der Waals surface area contributed by atoms with Crippen molar-refractivity contribution in [1.29, 1.82) is 0 Å². The molecule has 0 spiro atoms. The Morgan fingerprint density at radius 3 is 2.68 bits per heavy atom. The summed E-state index contributed by atoms with van der Waals surface area (Å²) < 4.78 is 23.6. The SMILES string of the molecule is CS(=O)(=O)CNC(=O)c1cn(Cc2nnc(-c3ccccc3)s2)nn1. The van der Waals surface area contributed by atoms with Crippen LogP contribution >= 0.6 is 11.3 Å². The number of aromatic nitrogens is 5. The van der Waals surface area contributed by atoms with Gasteiger partial charge in [0.05, 0.1) is 12.7 Å². The Bertz CT molecular complexity index is 981. The van der Waals surface area contributed by atoms with Crippen LogP contribution in [-0.4, -0.2) is 51.6 Å². The molecule has 2 heterocycles. The zero-order valence-electron chi connectivity index (χ0n) is 13.2. The molecule has 3 rings (SSSR count). The molecule has 1 N–H and O–H groups in total. The number of nitrogens with zero attached hydrogens (tertiary/aromatic N) is 5. The highest BCUT2D eigenvalue weighted by atomic mass is 32.2. The molecule has 130 valence electrons. The van der Waals surface area contributed by atoms with Crippen molar-refractivity contribution in [2.45, 2.75) is 6.54 Å². The van der Waals surface area contributed by atoms with E-state index in [9.17, 15) is 13.2 Å². The molecule has 25 heavy (non-hydrogen) atoms. The number of carbonyl (C=O) groups excluding carboxylic acids is 1. The van der Waals surface area contributed by atoms with E-state index in [0.29, 0.717) is 11.6 Å². The van der Waals surface area contributed by atoms with Crippen molar-refractivity contribution in [1.82, 2.24) is 30.5 Å². The predicted octanol–water partition coefficient (Wildman–Crippen LogP) is 0.577. The van der Waals surface area contributed by atoms with Gasteiger partial charge in [-0.1, -0.05) is 46.9 Å². The first kappa shape index (κ1) is 17.2. The van der Waals surface area contributed by atoms with Gasteiger partial charge in [-0.15, -0.1) is 15.3 Å². The summed E-state index contributed by atoms with van der Waals surface area (Å²) in [7, 11) is -3.30. The minimum atomic E-state index is -3.30. The zero-order chi connectivity index (χ0) is 17.9. The molecule has 1 aromatic carbocycles. The van der Waals surface area contributed by atoms with Gasteiger partial charge in [-0.3, -0.25) is 4.79 Å². The molecule has 9 nitrogen and oxygen atoms in total. The number of carbonyl (C=O) groups is 1. The van der Waals surface area contributed by atoms with E-state index in [1.54, 1.807) is 0 Å². The summed E-state index contributed by atoms with van der Waals surface area (Å²) in [6.07, 6.45) is 2.46. The maximum atomic E-state index is 11.8. The third-order valence-corrected chi connectivity index (χ3v) is 4.68. The highest BCUT2D eigenvalue weighted by Crippen LogP contribution is 2.23. The van der Waals surface area contributed by atoms with Crippen molar-refractivity contribution < 1.29 is 13.2 Å². The highest BCUT2D eigenvalue weighted by Gasteiger charge is 2.14. The minimum absolute atomic E-state index is 0.0384. The van der Waals surface area contributed by atoms with Gasteiger partial charge in [0, 0.05) is 11.8 Å². The first-order chi connectivity index (χ1) is 11.9. The Balaban J connectivity index is 1.66. The number of hydrogen-bond donors (Lipinski definition) is 1. The lowest BCUT2D eigenvalue weighted by molar-refractivity contribution is 0.0955. The molecular formula is C14H14N6O3S2. The van der Waals surface area contributed by atoms with Gasteiger partial charge in [0.2, 0.25) is 0 Å². The summed E-state index contributed by atoms with van der Waals surface area (Å²) in [5, 5.41) is 19.6. The fourth-order valence-corrected chi connectivity index (χ4v) is 3.15. The van der Waals surface area contributed by atoms with Gasteiger partial charge < -0.3 is 5.32 Å². The maximum absolute atomic E-state index is 11.8. The molecule has 0 unspecified atom stereocenters. The topological polar surface area (TPSA) is 120 Å². The summed E-state index contributed by atoms with van der Waals surface area (Å²) >= 11 is 1.42. The zero-order valence-corrected chi connectivity index (χ0v) is 14.8. The number of hydrogen-bond acceptors (Lipinski definition) is 8. The fourth-order valence-electron chi connectivity index (χ4n) is 1.92. The van der Waals surface area contributed by atoms with Gasteiger partial charge in [0.1, 0.15) is 15.9 Å². The molecule has 0 aliphatic carbocycles. The van der Waals surface area contributed by atoms with Crippen LogP contribution in [0.15, 0.2) is 36.5 Å². The fraction of sp³-hybridized carbons (Fsp3) is 0.214. The number of sulfone groups is 1. The monoisotopic (exact) mass is 378 g/mol. The highest BCUT2D eigenvalue weighted by molar-refractivity contribution is 7.90. The van der Waals surface area contributed by atoms with Gasteiger partial charge in [0.25, 0.3) is 5.91 Å². The summed E-state index contributed by atoms with van der Waals surface area (Å²) in [5.74, 6) is -1.05. The van der Waals surface area contributed by atoms with Crippen LogP contribution in [-0.2, 0) is 16.4 Å². The summed E-state index contributed by atoms with van der Waals surface area (Å²) in [6.45, 7) is 0.316. The molecule has 0 bridgehead atoms. The van der Waals surface area contributed by atoms with Crippen LogP contribution < -0.4 is 5.32 Å². The molecule has 0 radical (unpaired) electrons. The standard InChI is InChI=1S/C14H14N6O3S2/c1-25(22,23)9-15-13(21)11-7-20(19-16-11)8-12-17-18-14(24-12)10-5-3-2-4-6-10/h2-7H,8-9H2,1H3,(H,15,21). The van der Waals surface area contributed by atoms with Crippen molar-refractivity contribution in [3.63, 3.8) is 0 Å². The van der Waals surface area contributed by atoms with Gasteiger partial charge in [-0.25, -0.2) is 13.1 Å². The van der Waals surface area contributed by atoms with Crippen LogP contribution in [0.5, 0.6) is 0 Å². The number of nitrogens with one attached hydrogen (secondary N) is 1. The predicted molar refractivity (Wildman–Crippen MR) is 91.6 cm³/mol. The van der Waals surface area contributed by atoms with Crippen LogP contribution in [0, 0.1) is 0 Å². The van der Waals surface area contributed by atoms with E-state index >= 15 is 0 Å². The quantitative estimate of drug-likeness (QED) is 0.666. The number of amides is 1. The largest absolute Gasteiger partial charge is 0.337 e. The number of benzene rings is 1. The Kier molecular flexibility index (Phi) is 4.86. The second kappa shape index (κ2) is 7.07. The van der Waals surface area contributed by atoms with Gasteiger partial charge >= 0.3 is 0 Å². The maximum Gasteiger partial charge on any atom is 0.274 e. The average Bonchev–Trinajstić information content (AvgIpc) is 3.23. The molecule has 3 aromatic rings. The molecule has 0 atom stereocenters. The van der Waals surface area contributed by atoms with Gasteiger partial charge in [0.15, 0.2) is 15.5 Å². The summed E-state index contributed by atoms with van der Waals surface area (Å²) in [6, 6.07) is 9.68. The van der Waals surface area contributed by atoms with Crippen LogP contribution in [0.1, 0.15) is 15.5 Å². The van der Waals surface area contributed by atoms with Crippen molar-refractivity contribution in [3.05, 3.63) is 47.2 Å². The van der Waals surface area contributed by atoms with Crippen molar-refractivity contribution in [2.75, 3.05) is 12.1 Å². The Labute approximate surface area is 147 Å². The third kappa shape index (κ3) is 4.67. The smallest absolute Gasteiger partial charge is 0.274 e. The average molecular weight is 378 g/mol. The lowest BCUT2D eigenvalue weighted by Crippen LogP contribution is -2.29.